The molecule has 1 heterocycles. The van der Waals surface area contributed by atoms with Gasteiger partial charge in [-0.1, -0.05) is 12.1 Å². The van der Waals surface area contributed by atoms with Gasteiger partial charge >= 0.3 is 0 Å². The van der Waals surface area contributed by atoms with Gasteiger partial charge in [-0.15, -0.1) is 0 Å². The molecule has 0 unspecified atom stereocenters. The van der Waals surface area contributed by atoms with E-state index in [4.69, 9.17) is 9.47 Å². The third-order valence-corrected chi connectivity index (χ3v) is 3.44. The molecule has 2 aromatic rings. The predicted molar refractivity (Wildman–Crippen MR) is 84.6 cm³/mol. The Morgan fingerprint density at radius 1 is 1.18 bits per heavy atom. The normalized spacial score (nSPS) is 10.1. The van der Waals surface area contributed by atoms with E-state index >= 15 is 0 Å². The number of rotatable bonds is 6. The van der Waals surface area contributed by atoms with Crippen molar-refractivity contribution in [3.8, 4) is 11.5 Å². The third kappa shape index (κ3) is 3.55. The summed E-state index contributed by atoms with van der Waals surface area (Å²) in [6.07, 6.45) is 2.28. The van der Waals surface area contributed by atoms with E-state index < -0.39 is 0 Å². The van der Waals surface area contributed by atoms with Crippen LogP contribution in [0.3, 0.4) is 0 Å². The molecular formula is C17H20N2O3. The minimum Gasteiger partial charge on any atom is -0.496 e. The fourth-order valence-electron chi connectivity index (χ4n) is 2.33. The van der Waals surface area contributed by atoms with E-state index in [0.29, 0.717) is 18.7 Å². The van der Waals surface area contributed by atoms with Crippen LogP contribution < -0.4 is 14.8 Å². The second-order valence-corrected chi connectivity index (χ2v) is 4.81. The zero-order chi connectivity index (χ0) is 15.9. The van der Waals surface area contributed by atoms with Crippen molar-refractivity contribution in [1.82, 2.24) is 10.3 Å². The quantitative estimate of drug-likeness (QED) is 0.890. The van der Waals surface area contributed by atoms with Gasteiger partial charge in [0.15, 0.2) is 0 Å². The van der Waals surface area contributed by atoms with Crippen molar-refractivity contribution in [1.29, 1.82) is 0 Å². The Morgan fingerprint density at radius 2 is 2.00 bits per heavy atom. The molecule has 22 heavy (non-hydrogen) atoms. The van der Waals surface area contributed by atoms with Crippen molar-refractivity contribution in [2.45, 2.75) is 13.3 Å². The standard InChI is InChI=1S/C17H20N2O3/c1-12-15(21-2)8-7-13(16(12)22-3)9-11-19-17(20)14-6-4-5-10-18-14/h4-8,10H,9,11H2,1-3H3,(H,19,20). The van der Waals surface area contributed by atoms with Gasteiger partial charge in [-0.25, -0.2) is 0 Å². The second-order valence-electron chi connectivity index (χ2n) is 4.81. The number of carbonyl (C=O) groups excluding carboxylic acids is 1. The molecule has 1 N–H and O–H groups in total. The van der Waals surface area contributed by atoms with Crippen molar-refractivity contribution in [2.75, 3.05) is 20.8 Å². The van der Waals surface area contributed by atoms with E-state index in [1.54, 1.807) is 38.6 Å². The maximum absolute atomic E-state index is 11.9. The van der Waals surface area contributed by atoms with Crippen LogP contribution in [0, 0.1) is 6.92 Å². The first-order chi connectivity index (χ1) is 10.7. The first-order valence-corrected chi connectivity index (χ1v) is 7.07. The molecule has 1 amide bonds. The molecule has 5 heteroatoms. The molecule has 0 bridgehead atoms. The highest BCUT2D eigenvalue weighted by molar-refractivity contribution is 5.92. The lowest BCUT2D eigenvalue weighted by molar-refractivity contribution is 0.0949. The van der Waals surface area contributed by atoms with Crippen LogP contribution in [0.25, 0.3) is 0 Å². The largest absolute Gasteiger partial charge is 0.496 e. The van der Waals surface area contributed by atoms with Gasteiger partial charge in [0.2, 0.25) is 0 Å². The Kier molecular flexibility index (Phi) is 5.36. The number of methoxy groups -OCH3 is 2. The van der Waals surface area contributed by atoms with Crippen LogP contribution >= 0.6 is 0 Å². The Bertz CT molecular complexity index is 642. The Hall–Kier alpha value is -2.56. The number of hydrogen-bond acceptors (Lipinski definition) is 4. The van der Waals surface area contributed by atoms with Gasteiger partial charge < -0.3 is 14.8 Å². The molecule has 2 rings (SSSR count). The fourth-order valence-corrected chi connectivity index (χ4v) is 2.33. The number of amides is 1. The molecular weight excluding hydrogens is 280 g/mol. The lowest BCUT2D eigenvalue weighted by Crippen LogP contribution is -2.26. The van der Waals surface area contributed by atoms with Crippen LogP contribution in [0.15, 0.2) is 36.5 Å². The van der Waals surface area contributed by atoms with E-state index in [-0.39, 0.29) is 5.91 Å². The molecule has 0 aliphatic rings. The zero-order valence-electron chi connectivity index (χ0n) is 13.1. The van der Waals surface area contributed by atoms with Gasteiger partial charge in [0.05, 0.1) is 14.2 Å². The number of nitrogens with one attached hydrogen (secondary N) is 1. The molecule has 5 nitrogen and oxygen atoms in total. The number of aromatic nitrogens is 1. The summed E-state index contributed by atoms with van der Waals surface area (Å²) in [4.78, 5) is 16.0. The summed E-state index contributed by atoms with van der Waals surface area (Å²) in [7, 11) is 3.27. The highest BCUT2D eigenvalue weighted by Crippen LogP contribution is 2.31. The van der Waals surface area contributed by atoms with Crippen molar-refractivity contribution in [3.05, 3.63) is 53.3 Å². The summed E-state index contributed by atoms with van der Waals surface area (Å²) in [5.74, 6) is 1.41. The smallest absolute Gasteiger partial charge is 0.269 e. The van der Waals surface area contributed by atoms with Gasteiger partial charge in [-0.05, 0) is 37.1 Å². The molecule has 0 atom stereocenters. The van der Waals surface area contributed by atoms with E-state index in [2.05, 4.69) is 10.3 Å². The molecule has 0 radical (unpaired) electrons. The molecule has 0 aliphatic carbocycles. The van der Waals surface area contributed by atoms with Gasteiger partial charge in [0.25, 0.3) is 5.91 Å². The molecule has 0 saturated heterocycles. The molecule has 0 spiro atoms. The fraction of sp³-hybridized carbons (Fsp3) is 0.294. The summed E-state index contributed by atoms with van der Waals surface area (Å²) in [6.45, 7) is 2.46. The van der Waals surface area contributed by atoms with Crippen molar-refractivity contribution >= 4 is 5.91 Å². The molecule has 1 aromatic carbocycles. The Balaban J connectivity index is 2.00. The molecule has 0 fully saturated rings. The topological polar surface area (TPSA) is 60.5 Å². The minimum atomic E-state index is -0.176. The van der Waals surface area contributed by atoms with Gasteiger partial charge in [0, 0.05) is 18.3 Å². The summed E-state index contributed by atoms with van der Waals surface area (Å²) in [5, 5.41) is 2.86. The van der Waals surface area contributed by atoms with Gasteiger partial charge in [-0.2, -0.15) is 0 Å². The van der Waals surface area contributed by atoms with E-state index in [1.165, 1.54) is 0 Å². The Labute approximate surface area is 130 Å². The maximum Gasteiger partial charge on any atom is 0.269 e. The predicted octanol–water partition coefficient (Wildman–Crippen LogP) is 2.38. The maximum atomic E-state index is 11.9. The highest BCUT2D eigenvalue weighted by atomic mass is 16.5. The number of benzene rings is 1. The second kappa shape index (κ2) is 7.45. The van der Waals surface area contributed by atoms with Crippen LogP contribution in [0.5, 0.6) is 11.5 Å². The molecule has 116 valence electrons. The summed E-state index contributed by atoms with van der Waals surface area (Å²) in [6, 6.07) is 9.12. The average Bonchev–Trinajstić information content (AvgIpc) is 2.56. The van der Waals surface area contributed by atoms with Crippen molar-refractivity contribution in [3.63, 3.8) is 0 Å². The lowest BCUT2D eigenvalue weighted by atomic mass is 10.1. The first kappa shape index (κ1) is 15.8. The lowest BCUT2D eigenvalue weighted by Gasteiger charge is -2.14. The summed E-state index contributed by atoms with van der Waals surface area (Å²) >= 11 is 0. The monoisotopic (exact) mass is 300 g/mol. The van der Waals surface area contributed by atoms with E-state index in [1.807, 2.05) is 19.1 Å². The number of hydrogen-bond donors (Lipinski definition) is 1. The van der Waals surface area contributed by atoms with E-state index in [9.17, 15) is 4.79 Å². The third-order valence-electron chi connectivity index (χ3n) is 3.44. The summed E-state index contributed by atoms with van der Waals surface area (Å²) < 4.78 is 10.7. The highest BCUT2D eigenvalue weighted by Gasteiger charge is 2.12. The minimum absolute atomic E-state index is 0.176. The summed E-state index contributed by atoms with van der Waals surface area (Å²) in [5.41, 5.74) is 2.40. The molecule has 0 saturated carbocycles. The van der Waals surface area contributed by atoms with E-state index in [0.717, 1.165) is 22.6 Å². The van der Waals surface area contributed by atoms with Crippen LogP contribution in [-0.2, 0) is 6.42 Å². The zero-order valence-corrected chi connectivity index (χ0v) is 13.1. The van der Waals surface area contributed by atoms with Crippen molar-refractivity contribution < 1.29 is 14.3 Å². The van der Waals surface area contributed by atoms with Gasteiger partial charge in [-0.3, -0.25) is 9.78 Å². The number of nitrogens with zero attached hydrogens (tertiary/aromatic N) is 1. The van der Waals surface area contributed by atoms with Crippen LogP contribution in [-0.4, -0.2) is 31.7 Å². The average molecular weight is 300 g/mol. The van der Waals surface area contributed by atoms with Crippen molar-refractivity contribution in [2.24, 2.45) is 0 Å². The molecule has 1 aromatic heterocycles. The van der Waals surface area contributed by atoms with Gasteiger partial charge in [0.1, 0.15) is 17.2 Å². The van der Waals surface area contributed by atoms with Crippen LogP contribution in [0.4, 0.5) is 0 Å². The van der Waals surface area contributed by atoms with Crippen LogP contribution in [0.2, 0.25) is 0 Å². The number of pyridine rings is 1. The Morgan fingerprint density at radius 3 is 2.64 bits per heavy atom. The SMILES string of the molecule is COc1ccc(CCNC(=O)c2ccccn2)c(OC)c1C. The molecule has 0 aliphatic heterocycles. The first-order valence-electron chi connectivity index (χ1n) is 7.07. The number of carbonyl (C=O) groups is 1. The number of ether oxygens (including phenoxy) is 2. The van der Waals surface area contributed by atoms with Crippen LogP contribution in [0.1, 0.15) is 21.6 Å².